The number of aromatic nitrogens is 1. The fourth-order valence-corrected chi connectivity index (χ4v) is 1.52. The molecule has 0 radical (unpaired) electrons. The van der Waals surface area contributed by atoms with Gasteiger partial charge in [0.15, 0.2) is 0 Å². The van der Waals surface area contributed by atoms with Gasteiger partial charge in [-0.3, -0.25) is 0 Å². The molecular formula is C12H12FN. The van der Waals surface area contributed by atoms with E-state index in [0.29, 0.717) is 5.56 Å². The van der Waals surface area contributed by atoms with Crippen molar-refractivity contribution in [2.75, 3.05) is 0 Å². The first-order chi connectivity index (χ1) is 6.68. The lowest BCUT2D eigenvalue weighted by Gasteiger charge is -1.98. The number of hydrogen-bond acceptors (Lipinski definition) is 0. The standard InChI is InChI=1S/C12H12FN/c1-9-7-10(8-14(9)2)11-5-3-4-6-12(11)13/h3-8H,1-2H3. The van der Waals surface area contributed by atoms with E-state index in [0.717, 1.165) is 11.3 Å². The van der Waals surface area contributed by atoms with E-state index in [2.05, 4.69) is 0 Å². The number of aryl methyl sites for hydroxylation is 2. The van der Waals surface area contributed by atoms with Gasteiger partial charge in [-0.15, -0.1) is 0 Å². The number of hydrogen-bond donors (Lipinski definition) is 0. The molecule has 1 aromatic heterocycles. The van der Waals surface area contributed by atoms with Gasteiger partial charge in [0.1, 0.15) is 5.82 Å². The Morgan fingerprint density at radius 3 is 2.50 bits per heavy atom. The van der Waals surface area contributed by atoms with Crippen molar-refractivity contribution in [2.24, 2.45) is 7.05 Å². The van der Waals surface area contributed by atoms with Gasteiger partial charge in [0, 0.05) is 30.1 Å². The van der Waals surface area contributed by atoms with E-state index < -0.39 is 0 Å². The molecule has 2 heteroatoms. The summed E-state index contributed by atoms with van der Waals surface area (Å²) >= 11 is 0. The molecule has 0 fully saturated rings. The molecule has 72 valence electrons. The zero-order chi connectivity index (χ0) is 10.1. The highest BCUT2D eigenvalue weighted by Crippen LogP contribution is 2.23. The van der Waals surface area contributed by atoms with Gasteiger partial charge in [-0.25, -0.2) is 4.39 Å². The van der Waals surface area contributed by atoms with Crippen LogP contribution in [0.5, 0.6) is 0 Å². The highest BCUT2D eigenvalue weighted by atomic mass is 19.1. The predicted octanol–water partition coefficient (Wildman–Crippen LogP) is 3.14. The molecule has 1 aromatic carbocycles. The maximum Gasteiger partial charge on any atom is 0.131 e. The fraction of sp³-hybridized carbons (Fsp3) is 0.167. The summed E-state index contributed by atoms with van der Waals surface area (Å²) in [5, 5.41) is 0. The molecule has 0 N–H and O–H groups in total. The molecule has 0 amide bonds. The molecule has 0 aliphatic heterocycles. The highest BCUT2D eigenvalue weighted by Gasteiger charge is 2.06. The summed E-state index contributed by atoms with van der Waals surface area (Å²) in [6, 6.07) is 8.82. The molecule has 0 bridgehead atoms. The van der Waals surface area contributed by atoms with Crippen LogP contribution in [0.2, 0.25) is 0 Å². The second-order valence-corrected chi connectivity index (χ2v) is 3.46. The van der Waals surface area contributed by atoms with Gasteiger partial charge in [0.2, 0.25) is 0 Å². The molecule has 0 unspecified atom stereocenters. The lowest BCUT2D eigenvalue weighted by atomic mass is 10.1. The number of benzene rings is 1. The van der Waals surface area contributed by atoms with Gasteiger partial charge in [0.05, 0.1) is 0 Å². The van der Waals surface area contributed by atoms with Crippen LogP contribution < -0.4 is 0 Å². The Hall–Kier alpha value is -1.57. The molecule has 0 spiro atoms. The Morgan fingerprint density at radius 1 is 1.21 bits per heavy atom. The van der Waals surface area contributed by atoms with Crippen LogP contribution in [0.1, 0.15) is 5.69 Å². The predicted molar refractivity (Wildman–Crippen MR) is 55.5 cm³/mol. The lowest BCUT2D eigenvalue weighted by Crippen LogP contribution is -1.85. The topological polar surface area (TPSA) is 4.93 Å². The van der Waals surface area contributed by atoms with E-state index >= 15 is 0 Å². The van der Waals surface area contributed by atoms with Gasteiger partial charge in [0.25, 0.3) is 0 Å². The first-order valence-corrected chi connectivity index (χ1v) is 4.56. The van der Waals surface area contributed by atoms with Crippen molar-refractivity contribution < 1.29 is 4.39 Å². The smallest absolute Gasteiger partial charge is 0.131 e. The van der Waals surface area contributed by atoms with Crippen molar-refractivity contribution in [1.29, 1.82) is 0 Å². The van der Waals surface area contributed by atoms with E-state index in [1.54, 1.807) is 12.1 Å². The van der Waals surface area contributed by atoms with Gasteiger partial charge in [-0.2, -0.15) is 0 Å². The lowest BCUT2D eigenvalue weighted by molar-refractivity contribution is 0.631. The van der Waals surface area contributed by atoms with E-state index in [4.69, 9.17) is 0 Å². The summed E-state index contributed by atoms with van der Waals surface area (Å²) in [7, 11) is 1.96. The molecule has 0 atom stereocenters. The normalized spacial score (nSPS) is 10.5. The summed E-state index contributed by atoms with van der Waals surface area (Å²) in [5.74, 6) is -0.168. The van der Waals surface area contributed by atoms with Crippen molar-refractivity contribution in [3.05, 3.63) is 48.0 Å². The monoisotopic (exact) mass is 189 g/mol. The van der Waals surface area contributed by atoms with E-state index in [9.17, 15) is 4.39 Å². The maximum atomic E-state index is 13.4. The Morgan fingerprint density at radius 2 is 1.93 bits per heavy atom. The van der Waals surface area contributed by atoms with E-state index in [-0.39, 0.29) is 5.82 Å². The number of halogens is 1. The third kappa shape index (κ3) is 1.43. The Bertz CT molecular complexity index is 438. The van der Waals surface area contributed by atoms with Crippen LogP contribution in [0.3, 0.4) is 0 Å². The summed E-state index contributed by atoms with van der Waals surface area (Å²) in [6.07, 6.45) is 1.94. The van der Waals surface area contributed by atoms with Gasteiger partial charge >= 0.3 is 0 Å². The minimum atomic E-state index is -0.168. The molecule has 1 nitrogen and oxygen atoms in total. The van der Waals surface area contributed by atoms with Crippen LogP contribution in [0.4, 0.5) is 4.39 Å². The molecule has 14 heavy (non-hydrogen) atoms. The average molecular weight is 189 g/mol. The van der Waals surface area contributed by atoms with Crippen molar-refractivity contribution in [3.8, 4) is 11.1 Å². The van der Waals surface area contributed by atoms with Gasteiger partial charge in [-0.1, -0.05) is 18.2 Å². The molecule has 2 aromatic rings. The fourth-order valence-electron chi connectivity index (χ4n) is 1.52. The second kappa shape index (κ2) is 3.29. The molecule has 0 aliphatic rings. The van der Waals surface area contributed by atoms with Crippen molar-refractivity contribution >= 4 is 0 Å². The third-order valence-corrected chi connectivity index (χ3v) is 2.44. The maximum absolute atomic E-state index is 13.4. The minimum Gasteiger partial charge on any atom is -0.354 e. The highest BCUT2D eigenvalue weighted by molar-refractivity contribution is 5.64. The Labute approximate surface area is 82.8 Å². The molecule has 0 aliphatic carbocycles. The van der Waals surface area contributed by atoms with Crippen LogP contribution in [-0.4, -0.2) is 4.57 Å². The summed E-state index contributed by atoms with van der Waals surface area (Å²) < 4.78 is 15.4. The molecule has 2 rings (SSSR count). The number of rotatable bonds is 1. The Kier molecular flexibility index (Phi) is 2.12. The SMILES string of the molecule is Cc1cc(-c2ccccc2F)cn1C. The largest absolute Gasteiger partial charge is 0.354 e. The number of nitrogens with zero attached hydrogens (tertiary/aromatic N) is 1. The molecular weight excluding hydrogens is 177 g/mol. The zero-order valence-corrected chi connectivity index (χ0v) is 8.29. The minimum absolute atomic E-state index is 0.168. The van der Waals surface area contributed by atoms with Crippen molar-refractivity contribution in [1.82, 2.24) is 4.57 Å². The molecule has 0 saturated heterocycles. The van der Waals surface area contributed by atoms with Crippen LogP contribution in [0, 0.1) is 12.7 Å². The third-order valence-electron chi connectivity index (χ3n) is 2.44. The first-order valence-electron chi connectivity index (χ1n) is 4.56. The Balaban J connectivity index is 2.55. The summed E-state index contributed by atoms with van der Waals surface area (Å²) in [5.41, 5.74) is 2.72. The van der Waals surface area contributed by atoms with Crippen LogP contribution in [0.15, 0.2) is 36.5 Å². The molecule has 0 saturated carbocycles. The average Bonchev–Trinajstić information content (AvgIpc) is 2.48. The van der Waals surface area contributed by atoms with Crippen LogP contribution in [0.25, 0.3) is 11.1 Å². The quantitative estimate of drug-likeness (QED) is 0.649. The zero-order valence-electron chi connectivity index (χ0n) is 8.29. The van der Waals surface area contributed by atoms with Crippen LogP contribution >= 0.6 is 0 Å². The van der Waals surface area contributed by atoms with E-state index in [1.807, 2.05) is 36.9 Å². The summed E-state index contributed by atoms with van der Waals surface area (Å²) in [4.78, 5) is 0. The van der Waals surface area contributed by atoms with Crippen LogP contribution in [-0.2, 0) is 7.05 Å². The summed E-state index contributed by atoms with van der Waals surface area (Å²) in [6.45, 7) is 2.00. The van der Waals surface area contributed by atoms with Crippen molar-refractivity contribution in [2.45, 2.75) is 6.92 Å². The van der Waals surface area contributed by atoms with E-state index in [1.165, 1.54) is 6.07 Å². The van der Waals surface area contributed by atoms with Gasteiger partial charge < -0.3 is 4.57 Å². The van der Waals surface area contributed by atoms with Gasteiger partial charge in [-0.05, 0) is 19.1 Å². The van der Waals surface area contributed by atoms with Crippen molar-refractivity contribution in [3.63, 3.8) is 0 Å². The first kappa shape index (κ1) is 9.00. The second-order valence-electron chi connectivity index (χ2n) is 3.46. The molecule has 1 heterocycles.